The van der Waals surface area contributed by atoms with Crippen LogP contribution in [0.2, 0.25) is 0 Å². The minimum Gasteiger partial charge on any atom is -0.488 e. The van der Waals surface area contributed by atoms with Gasteiger partial charge in [-0.1, -0.05) is 22.0 Å². The maximum atomic E-state index is 13.6. The third-order valence-electron chi connectivity index (χ3n) is 2.91. The van der Waals surface area contributed by atoms with Crippen molar-refractivity contribution in [1.82, 2.24) is 0 Å². The Bertz CT molecular complexity index is 656. The molecule has 0 fully saturated rings. The van der Waals surface area contributed by atoms with E-state index < -0.39 is 5.97 Å². The number of carboxylic acids is 1. The van der Waals surface area contributed by atoms with Crippen LogP contribution in [0.4, 0.5) is 4.39 Å². The van der Waals surface area contributed by atoms with Crippen LogP contribution >= 0.6 is 15.9 Å². The molecule has 0 radical (unpaired) electrons. The van der Waals surface area contributed by atoms with Crippen molar-refractivity contribution in [3.05, 3.63) is 63.4 Å². The van der Waals surface area contributed by atoms with Crippen LogP contribution in [-0.4, -0.2) is 11.1 Å². The lowest BCUT2D eigenvalue weighted by atomic mass is 10.1. The number of carboxylic acid groups (broad SMARTS) is 1. The van der Waals surface area contributed by atoms with Crippen LogP contribution < -0.4 is 4.74 Å². The molecule has 2 aromatic carbocycles. The fourth-order valence-corrected chi connectivity index (χ4v) is 2.22. The lowest BCUT2D eigenvalue weighted by Crippen LogP contribution is -2.04. The maximum absolute atomic E-state index is 13.6. The van der Waals surface area contributed by atoms with Crippen LogP contribution in [0.3, 0.4) is 0 Å². The topological polar surface area (TPSA) is 46.5 Å². The molecule has 104 valence electrons. The molecule has 0 bridgehead atoms. The SMILES string of the molecule is Cc1c(OCc2cc(Br)ccc2F)cccc1C(=O)O. The minimum atomic E-state index is -1.01. The van der Waals surface area contributed by atoms with Crippen LogP contribution in [-0.2, 0) is 6.61 Å². The molecule has 0 aliphatic carbocycles. The Labute approximate surface area is 124 Å². The average molecular weight is 339 g/mol. The fraction of sp³-hybridized carbons (Fsp3) is 0.133. The predicted molar refractivity (Wildman–Crippen MR) is 76.6 cm³/mol. The summed E-state index contributed by atoms with van der Waals surface area (Å²) in [6, 6.07) is 9.36. The van der Waals surface area contributed by atoms with Crippen molar-refractivity contribution >= 4 is 21.9 Å². The number of halogens is 2. The van der Waals surface area contributed by atoms with E-state index in [2.05, 4.69) is 15.9 Å². The molecule has 3 nitrogen and oxygen atoms in total. The molecule has 5 heteroatoms. The quantitative estimate of drug-likeness (QED) is 0.909. The second kappa shape index (κ2) is 6.05. The number of rotatable bonds is 4. The number of benzene rings is 2. The van der Waals surface area contributed by atoms with Crippen molar-refractivity contribution in [1.29, 1.82) is 0 Å². The highest BCUT2D eigenvalue weighted by molar-refractivity contribution is 9.10. The minimum absolute atomic E-state index is 0.0369. The van der Waals surface area contributed by atoms with Gasteiger partial charge in [0, 0.05) is 15.6 Å². The molecular weight excluding hydrogens is 327 g/mol. The molecule has 0 saturated carbocycles. The first-order valence-electron chi connectivity index (χ1n) is 5.88. The molecule has 2 aromatic rings. The largest absolute Gasteiger partial charge is 0.488 e. The van der Waals surface area contributed by atoms with Gasteiger partial charge in [0.2, 0.25) is 0 Å². The first-order chi connectivity index (χ1) is 9.49. The maximum Gasteiger partial charge on any atom is 0.336 e. The van der Waals surface area contributed by atoms with Gasteiger partial charge in [0.25, 0.3) is 0 Å². The number of carbonyl (C=O) groups is 1. The molecule has 0 aliphatic heterocycles. The summed E-state index contributed by atoms with van der Waals surface area (Å²) in [6.45, 7) is 1.70. The highest BCUT2D eigenvalue weighted by atomic mass is 79.9. The van der Waals surface area contributed by atoms with Crippen molar-refractivity contribution in [3.8, 4) is 5.75 Å². The summed E-state index contributed by atoms with van der Waals surface area (Å²) in [5.41, 5.74) is 1.10. The molecule has 0 atom stereocenters. The number of hydrogen-bond acceptors (Lipinski definition) is 2. The van der Waals surface area contributed by atoms with Gasteiger partial charge in [0.1, 0.15) is 18.2 Å². The van der Waals surface area contributed by atoms with Crippen LogP contribution in [0.15, 0.2) is 40.9 Å². The van der Waals surface area contributed by atoms with E-state index in [0.717, 1.165) is 4.47 Å². The second-order valence-corrected chi connectivity index (χ2v) is 5.17. The smallest absolute Gasteiger partial charge is 0.336 e. The molecule has 2 rings (SSSR count). The Morgan fingerprint density at radius 2 is 2.10 bits per heavy atom. The normalized spacial score (nSPS) is 10.3. The number of hydrogen-bond donors (Lipinski definition) is 1. The molecule has 20 heavy (non-hydrogen) atoms. The Balaban J connectivity index is 2.21. The summed E-state index contributed by atoms with van der Waals surface area (Å²) in [7, 11) is 0. The zero-order chi connectivity index (χ0) is 14.7. The molecule has 0 aliphatic rings. The highest BCUT2D eigenvalue weighted by Crippen LogP contribution is 2.23. The third kappa shape index (κ3) is 3.17. The van der Waals surface area contributed by atoms with E-state index in [4.69, 9.17) is 9.84 Å². The molecule has 0 amide bonds. The summed E-state index contributed by atoms with van der Waals surface area (Å²) in [4.78, 5) is 11.0. The predicted octanol–water partition coefficient (Wildman–Crippen LogP) is 4.17. The van der Waals surface area contributed by atoms with E-state index in [1.165, 1.54) is 12.1 Å². The molecule has 1 N–H and O–H groups in total. The molecule has 0 unspecified atom stereocenters. The van der Waals surface area contributed by atoms with Gasteiger partial charge in [0.15, 0.2) is 0 Å². The molecule has 0 saturated heterocycles. The lowest BCUT2D eigenvalue weighted by molar-refractivity contribution is 0.0695. The van der Waals surface area contributed by atoms with Gasteiger partial charge >= 0.3 is 5.97 Å². The van der Waals surface area contributed by atoms with E-state index in [9.17, 15) is 9.18 Å². The highest BCUT2D eigenvalue weighted by Gasteiger charge is 2.11. The fourth-order valence-electron chi connectivity index (χ4n) is 1.81. The van der Waals surface area contributed by atoms with Gasteiger partial charge in [-0.15, -0.1) is 0 Å². The van der Waals surface area contributed by atoms with Gasteiger partial charge in [-0.2, -0.15) is 0 Å². The average Bonchev–Trinajstić information content (AvgIpc) is 2.41. The Kier molecular flexibility index (Phi) is 4.39. The van der Waals surface area contributed by atoms with Gasteiger partial charge in [-0.3, -0.25) is 0 Å². The lowest BCUT2D eigenvalue weighted by Gasteiger charge is -2.11. The van der Waals surface area contributed by atoms with Gasteiger partial charge in [0.05, 0.1) is 5.56 Å². The van der Waals surface area contributed by atoms with Crippen molar-refractivity contribution in [2.45, 2.75) is 13.5 Å². The van der Waals surface area contributed by atoms with E-state index in [0.29, 0.717) is 16.9 Å². The summed E-state index contributed by atoms with van der Waals surface area (Å²) < 4.78 is 19.9. The zero-order valence-electron chi connectivity index (χ0n) is 10.7. The van der Waals surface area contributed by atoms with Crippen molar-refractivity contribution in [2.75, 3.05) is 0 Å². The van der Waals surface area contributed by atoms with Crippen molar-refractivity contribution < 1.29 is 19.0 Å². The first kappa shape index (κ1) is 14.5. The third-order valence-corrected chi connectivity index (χ3v) is 3.40. The van der Waals surface area contributed by atoms with E-state index in [-0.39, 0.29) is 18.0 Å². The first-order valence-corrected chi connectivity index (χ1v) is 6.68. The van der Waals surface area contributed by atoms with Gasteiger partial charge < -0.3 is 9.84 Å². The van der Waals surface area contributed by atoms with Crippen LogP contribution in [0.5, 0.6) is 5.75 Å². The summed E-state index contributed by atoms with van der Waals surface area (Å²) >= 11 is 3.27. The Morgan fingerprint density at radius 3 is 2.80 bits per heavy atom. The van der Waals surface area contributed by atoms with Crippen LogP contribution in [0, 0.1) is 12.7 Å². The second-order valence-electron chi connectivity index (χ2n) is 4.26. The monoisotopic (exact) mass is 338 g/mol. The molecular formula is C15H12BrFO3. The number of aromatic carboxylic acids is 1. The Morgan fingerprint density at radius 1 is 1.35 bits per heavy atom. The van der Waals surface area contributed by atoms with E-state index in [1.54, 1.807) is 31.2 Å². The number of ether oxygens (including phenoxy) is 1. The molecule has 0 spiro atoms. The van der Waals surface area contributed by atoms with E-state index >= 15 is 0 Å². The van der Waals surface area contributed by atoms with Gasteiger partial charge in [-0.05, 0) is 37.3 Å². The summed E-state index contributed by atoms with van der Waals surface area (Å²) in [5, 5.41) is 9.03. The van der Waals surface area contributed by atoms with Crippen LogP contribution in [0.1, 0.15) is 21.5 Å². The van der Waals surface area contributed by atoms with Crippen molar-refractivity contribution in [3.63, 3.8) is 0 Å². The Hall–Kier alpha value is -1.88. The zero-order valence-corrected chi connectivity index (χ0v) is 12.3. The summed E-state index contributed by atoms with van der Waals surface area (Å²) in [6.07, 6.45) is 0. The van der Waals surface area contributed by atoms with Gasteiger partial charge in [-0.25, -0.2) is 9.18 Å². The van der Waals surface area contributed by atoms with Crippen LogP contribution in [0.25, 0.3) is 0 Å². The molecule has 0 aromatic heterocycles. The van der Waals surface area contributed by atoms with Crippen molar-refractivity contribution in [2.24, 2.45) is 0 Å². The molecule has 0 heterocycles. The standard InChI is InChI=1S/C15H12BrFO3/c1-9-12(15(18)19)3-2-4-14(9)20-8-10-7-11(16)5-6-13(10)17/h2-7H,8H2,1H3,(H,18,19). The summed E-state index contributed by atoms with van der Waals surface area (Å²) in [5.74, 6) is -0.939. The van der Waals surface area contributed by atoms with E-state index in [1.807, 2.05) is 0 Å².